The van der Waals surface area contributed by atoms with Crippen molar-refractivity contribution in [1.29, 1.82) is 0 Å². The van der Waals surface area contributed by atoms with Crippen molar-refractivity contribution in [2.24, 2.45) is 7.05 Å². The molecule has 5 aromatic rings. The van der Waals surface area contributed by atoms with Crippen LogP contribution in [0.4, 0.5) is 0 Å². The Labute approximate surface area is 171 Å². The van der Waals surface area contributed by atoms with Gasteiger partial charge in [0.1, 0.15) is 0 Å². The average Bonchev–Trinajstić information content (AvgIpc) is 3.26. The van der Waals surface area contributed by atoms with Gasteiger partial charge in [0.25, 0.3) is 0 Å². The fourth-order valence-electron chi connectivity index (χ4n) is 4.36. The summed E-state index contributed by atoms with van der Waals surface area (Å²) in [7, 11) is 2.16. The van der Waals surface area contributed by atoms with Gasteiger partial charge in [-0.15, -0.1) is 0 Å². The fraction of sp³-hybridized carbons (Fsp3) is 0.111. The molecule has 0 aliphatic heterocycles. The molecule has 2 heterocycles. The molecule has 0 saturated heterocycles. The predicted molar refractivity (Wildman–Crippen MR) is 129 cm³/mol. The van der Waals surface area contributed by atoms with E-state index < -0.39 is 0 Å². The molecular formula is C27H26N2. The second kappa shape index (κ2) is 7.48. The monoisotopic (exact) mass is 378 g/mol. The maximum Gasteiger partial charge on any atom is 0.0590 e. The smallest absolute Gasteiger partial charge is 0.0590 e. The first-order chi connectivity index (χ1) is 14.3. The fourth-order valence-corrected chi connectivity index (χ4v) is 4.36. The third kappa shape index (κ3) is 2.64. The van der Waals surface area contributed by atoms with Crippen molar-refractivity contribution < 1.29 is 0 Å². The lowest BCUT2D eigenvalue weighted by atomic mass is 10.1. The Morgan fingerprint density at radius 3 is 2.10 bits per heavy atom. The normalized spacial score (nSPS) is 11.8. The molecule has 0 saturated carbocycles. The highest BCUT2D eigenvalue weighted by atomic mass is 15.0. The minimum atomic E-state index is 1.02. The molecule has 0 spiro atoms. The number of allylic oxidation sites excluding steroid dienone is 4. The molecule has 5 rings (SSSR count). The lowest BCUT2D eigenvalue weighted by molar-refractivity contribution is 1.02. The van der Waals surface area contributed by atoms with Gasteiger partial charge in [-0.25, -0.2) is 0 Å². The number of hydrogen-bond donors (Lipinski definition) is 0. The largest absolute Gasteiger partial charge is 0.343 e. The van der Waals surface area contributed by atoms with E-state index in [-0.39, 0.29) is 0 Å². The van der Waals surface area contributed by atoms with E-state index in [2.05, 4.69) is 90.0 Å². The Morgan fingerprint density at radius 1 is 0.759 bits per heavy atom. The zero-order valence-corrected chi connectivity index (χ0v) is 17.3. The zero-order valence-electron chi connectivity index (χ0n) is 17.3. The van der Waals surface area contributed by atoms with Gasteiger partial charge in [-0.1, -0.05) is 75.5 Å². The Hall–Kier alpha value is -3.52. The molecular weight excluding hydrogens is 352 g/mol. The van der Waals surface area contributed by atoms with Crippen LogP contribution >= 0.6 is 0 Å². The predicted octanol–water partition coefficient (Wildman–Crippen LogP) is 7.68. The van der Waals surface area contributed by atoms with Crippen molar-refractivity contribution in [2.75, 3.05) is 0 Å². The van der Waals surface area contributed by atoms with Crippen LogP contribution in [-0.4, -0.2) is 9.13 Å². The van der Waals surface area contributed by atoms with E-state index in [0.717, 1.165) is 5.70 Å². The van der Waals surface area contributed by atoms with Gasteiger partial charge in [-0.3, -0.25) is 0 Å². The highest BCUT2D eigenvalue weighted by molar-refractivity contribution is 6.25. The SMILES string of the molecule is C=C/C=C(\C=C)n1c2ccccc2c2c3c(ccc21)c1ccccc1n3C.CC. The van der Waals surface area contributed by atoms with E-state index in [1.54, 1.807) is 0 Å². The van der Waals surface area contributed by atoms with E-state index in [1.165, 1.54) is 43.6 Å². The van der Waals surface area contributed by atoms with Crippen molar-refractivity contribution in [2.45, 2.75) is 13.8 Å². The molecule has 2 aromatic heterocycles. The second-order valence-electron chi connectivity index (χ2n) is 6.82. The van der Waals surface area contributed by atoms with Crippen molar-refractivity contribution in [3.05, 3.63) is 92.0 Å². The molecule has 2 heteroatoms. The first-order valence-electron chi connectivity index (χ1n) is 10.1. The topological polar surface area (TPSA) is 9.86 Å². The van der Waals surface area contributed by atoms with Gasteiger partial charge in [0, 0.05) is 39.8 Å². The summed E-state index contributed by atoms with van der Waals surface area (Å²) in [5.74, 6) is 0. The third-order valence-electron chi connectivity index (χ3n) is 5.46. The molecule has 0 amide bonds. The molecule has 3 aromatic carbocycles. The first-order valence-corrected chi connectivity index (χ1v) is 10.1. The van der Waals surface area contributed by atoms with Crippen molar-refractivity contribution in [3.8, 4) is 0 Å². The molecule has 0 N–H and O–H groups in total. The summed E-state index contributed by atoms with van der Waals surface area (Å²) >= 11 is 0. The number of hydrogen-bond acceptors (Lipinski definition) is 0. The van der Waals surface area contributed by atoms with Crippen LogP contribution in [0.15, 0.2) is 92.0 Å². The highest BCUT2D eigenvalue weighted by Crippen LogP contribution is 2.39. The maximum atomic E-state index is 4.02. The Morgan fingerprint density at radius 2 is 1.41 bits per heavy atom. The van der Waals surface area contributed by atoms with Crippen LogP contribution in [0.2, 0.25) is 0 Å². The quantitative estimate of drug-likeness (QED) is 0.285. The standard InChI is InChI=1S/C25H20N2.C2H6/c1-4-10-17(5-2)27-22-14-9-7-12-20(22)24-23(27)16-15-19-18-11-6-8-13-21(18)26(3)25(19)24;1-2/h4-16H,1-2H2,3H3;1-2H3/b17-10+;. The molecule has 0 radical (unpaired) electrons. The molecule has 29 heavy (non-hydrogen) atoms. The number of para-hydroxylation sites is 2. The third-order valence-corrected chi connectivity index (χ3v) is 5.46. The summed E-state index contributed by atoms with van der Waals surface area (Å²) < 4.78 is 4.59. The van der Waals surface area contributed by atoms with Crippen molar-refractivity contribution in [1.82, 2.24) is 9.13 Å². The summed E-state index contributed by atoms with van der Waals surface area (Å²) in [6.45, 7) is 11.9. The summed E-state index contributed by atoms with van der Waals surface area (Å²) in [5.41, 5.74) is 5.91. The zero-order chi connectivity index (χ0) is 20.5. The van der Waals surface area contributed by atoms with Gasteiger partial charge < -0.3 is 9.13 Å². The van der Waals surface area contributed by atoms with E-state index in [0.29, 0.717) is 0 Å². The molecule has 0 unspecified atom stereocenters. The number of rotatable bonds is 3. The molecule has 2 nitrogen and oxygen atoms in total. The van der Waals surface area contributed by atoms with Crippen molar-refractivity contribution in [3.63, 3.8) is 0 Å². The lowest BCUT2D eigenvalue weighted by Gasteiger charge is -2.08. The molecule has 0 bridgehead atoms. The number of fused-ring (bicyclic) bond motifs is 7. The number of nitrogens with zero attached hydrogens (tertiary/aromatic N) is 2. The van der Waals surface area contributed by atoms with Crippen LogP contribution in [0.25, 0.3) is 49.3 Å². The summed E-state index contributed by atoms with van der Waals surface area (Å²) in [4.78, 5) is 0. The molecule has 0 aliphatic rings. The summed E-state index contributed by atoms with van der Waals surface area (Å²) in [6, 6.07) is 21.6. The minimum Gasteiger partial charge on any atom is -0.343 e. The second-order valence-corrected chi connectivity index (χ2v) is 6.82. The van der Waals surface area contributed by atoms with Crippen LogP contribution in [0, 0.1) is 0 Å². The van der Waals surface area contributed by atoms with Crippen LogP contribution in [-0.2, 0) is 7.05 Å². The van der Waals surface area contributed by atoms with Crippen LogP contribution in [0.5, 0.6) is 0 Å². The first kappa shape index (κ1) is 18.8. The molecule has 144 valence electrons. The van der Waals surface area contributed by atoms with Gasteiger partial charge in [0.2, 0.25) is 0 Å². The molecule has 0 atom stereocenters. The summed E-state index contributed by atoms with van der Waals surface area (Å²) in [6.07, 6.45) is 5.71. The van der Waals surface area contributed by atoms with E-state index >= 15 is 0 Å². The van der Waals surface area contributed by atoms with Gasteiger partial charge in [-0.2, -0.15) is 0 Å². The lowest BCUT2D eigenvalue weighted by Crippen LogP contribution is -1.94. The Kier molecular flexibility index (Phi) is 4.85. The minimum absolute atomic E-state index is 1.02. The molecule has 0 aliphatic carbocycles. The van der Waals surface area contributed by atoms with Crippen molar-refractivity contribution >= 4 is 49.3 Å². The van der Waals surface area contributed by atoms with E-state index in [9.17, 15) is 0 Å². The highest BCUT2D eigenvalue weighted by Gasteiger charge is 2.18. The number of aryl methyl sites for hydroxylation is 1. The van der Waals surface area contributed by atoms with Gasteiger partial charge >= 0.3 is 0 Å². The molecule has 0 fully saturated rings. The van der Waals surface area contributed by atoms with Crippen LogP contribution in [0.3, 0.4) is 0 Å². The van der Waals surface area contributed by atoms with E-state index in [1.807, 2.05) is 32.1 Å². The van der Waals surface area contributed by atoms with Crippen LogP contribution < -0.4 is 0 Å². The summed E-state index contributed by atoms with van der Waals surface area (Å²) in [5, 5.41) is 5.11. The van der Waals surface area contributed by atoms with Gasteiger partial charge in [-0.05, 0) is 30.4 Å². The number of benzene rings is 3. The van der Waals surface area contributed by atoms with Gasteiger partial charge in [0.15, 0.2) is 0 Å². The average molecular weight is 379 g/mol. The van der Waals surface area contributed by atoms with E-state index in [4.69, 9.17) is 0 Å². The van der Waals surface area contributed by atoms with Crippen LogP contribution in [0.1, 0.15) is 13.8 Å². The number of aromatic nitrogens is 2. The van der Waals surface area contributed by atoms with Gasteiger partial charge in [0.05, 0.1) is 16.6 Å². The maximum absolute atomic E-state index is 4.02. The Balaban J connectivity index is 0.000000994. The Bertz CT molecular complexity index is 1410.